The van der Waals surface area contributed by atoms with Gasteiger partial charge in [0.05, 0.1) is 11.6 Å². The molecule has 1 heterocycles. The monoisotopic (exact) mass is 265 g/mol. The Balaban J connectivity index is 2.22. The Morgan fingerprint density at radius 3 is 2.84 bits per heavy atom. The number of amides is 1. The number of benzene rings is 1. The van der Waals surface area contributed by atoms with Crippen LogP contribution in [0.5, 0.6) is 0 Å². The zero-order valence-corrected chi connectivity index (χ0v) is 11.4. The van der Waals surface area contributed by atoms with Crippen molar-refractivity contribution < 1.29 is 9.18 Å². The van der Waals surface area contributed by atoms with E-state index in [4.69, 9.17) is 5.73 Å². The lowest BCUT2D eigenvalue weighted by molar-refractivity contribution is 0.0511. The van der Waals surface area contributed by atoms with Crippen molar-refractivity contribution in [3.05, 3.63) is 35.1 Å². The minimum atomic E-state index is -0.459. The van der Waals surface area contributed by atoms with Gasteiger partial charge in [-0.15, -0.1) is 0 Å². The summed E-state index contributed by atoms with van der Waals surface area (Å²) in [6.07, 6.45) is 0. The third kappa shape index (κ3) is 2.93. The molecule has 104 valence electrons. The number of aryl methyl sites for hydroxylation is 1. The fraction of sp³-hybridized carbons (Fsp3) is 0.500. The highest BCUT2D eigenvalue weighted by atomic mass is 19.1. The summed E-state index contributed by atoms with van der Waals surface area (Å²) in [6.45, 7) is 4.30. The first-order valence-corrected chi connectivity index (χ1v) is 6.48. The molecule has 2 rings (SSSR count). The molecule has 1 aliphatic rings. The topological polar surface area (TPSA) is 49.6 Å². The molecule has 1 saturated heterocycles. The summed E-state index contributed by atoms with van der Waals surface area (Å²) in [5, 5.41) is 0. The first-order valence-electron chi connectivity index (χ1n) is 6.48. The molecule has 0 bridgehead atoms. The molecule has 1 aromatic carbocycles. The van der Waals surface area contributed by atoms with E-state index in [0.29, 0.717) is 13.1 Å². The van der Waals surface area contributed by atoms with E-state index in [9.17, 15) is 9.18 Å². The Hall–Kier alpha value is -1.46. The number of carbonyl (C=O) groups is 1. The molecule has 0 aliphatic carbocycles. The fourth-order valence-electron chi connectivity index (χ4n) is 2.43. The summed E-state index contributed by atoms with van der Waals surface area (Å²) in [5.74, 6) is -0.722. The van der Waals surface area contributed by atoms with Crippen LogP contribution in [0, 0.1) is 12.7 Å². The normalized spacial score (nSPS) is 20.6. The number of halogens is 1. The Morgan fingerprint density at radius 1 is 1.47 bits per heavy atom. The Kier molecular flexibility index (Phi) is 4.17. The largest absolute Gasteiger partial charge is 0.332 e. The van der Waals surface area contributed by atoms with Crippen LogP contribution in [0.1, 0.15) is 15.9 Å². The maximum atomic E-state index is 13.9. The predicted octanol–water partition coefficient (Wildman–Crippen LogP) is 0.849. The van der Waals surface area contributed by atoms with E-state index in [0.717, 1.165) is 18.7 Å². The van der Waals surface area contributed by atoms with Crippen molar-refractivity contribution in [3.8, 4) is 0 Å². The first kappa shape index (κ1) is 14.0. The number of rotatable bonds is 2. The van der Waals surface area contributed by atoms with Gasteiger partial charge in [-0.05, 0) is 31.7 Å². The number of hydrogen-bond donors (Lipinski definition) is 1. The zero-order chi connectivity index (χ0) is 14.0. The average molecular weight is 265 g/mol. The van der Waals surface area contributed by atoms with Gasteiger partial charge < -0.3 is 15.5 Å². The number of piperazine rings is 1. The van der Waals surface area contributed by atoms with E-state index in [-0.39, 0.29) is 17.5 Å². The SMILES string of the molecule is Cc1ccc(C(=O)N2CCN(C)CC2CN)c(F)c1. The first-order chi connectivity index (χ1) is 9.02. The third-order valence-electron chi connectivity index (χ3n) is 3.57. The second-order valence-electron chi connectivity index (χ2n) is 5.13. The van der Waals surface area contributed by atoms with Gasteiger partial charge in [-0.25, -0.2) is 4.39 Å². The van der Waals surface area contributed by atoms with Crippen LogP contribution in [-0.2, 0) is 0 Å². The van der Waals surface area contributed by atoms with Crippen LogP contribution < -0.4 is 5.73 Å². The van der Waals surface area contributed by atoms with Crippen LogP contribution in [0.15, 0.2) is 18.2 Å². The van der Waals surface area contributed by atoms with Gasteiger partial charge in [-0.1, -0.05) is 6.07 Å². The van der Waals surface area contributed by atoms with Crippen LogP contribution in [0.3, 0.4) is 0 Å². The molecule has 4 nitrogen and oxygen atoms in total. The Bertz CT molecular complexity index is 478. The maximum absolute atomic E-state index is 13.9. The highest BCUT2D eigenvalue weighted by molar-refractivity contribution is 5.94. The molecule has 0 saturated carbocycles. The molecule has 19 heavy (non-hydrogen) atoms. The number of hydrogen-bond acceptors (Lipinski definition) is 3. The van der Waals surface area contributed by atoms with E-state index in [1.165, 1.54) is 6.07 Å². The van der Waals surface area contributed by atoms with Gasteiger partial charge in [-0.3, -0.25) is 4.79 Å². The van der Waals surface area contributed by atoms with Crippen molar-refractivity contribution in [2.24, 2.45) is 5.73 Å². The van der Waals surface area contributed by atoms with Gasteiger partial charge in [-0.2, -0.15) is 0 Å². The molecule has 1 amide bonds. The molecule has 0 aromatic heterocycles. The second-order valence-corrected chi connectivity index (χ2v) is 5.13. The van der Waals surface area contributed by atoms with E-state index in [1.807, 2.05) is 7.05 Å². The molecule has 5 heteroatoms. The molecular weight excluding hydrogens is 245 g/mol. The highest BCUT2D eigenvalue weighted by Gasteiger charge is 2.29. The molecule has 1 atom stereocenters. The van der Waals surface area contributed by atoms with Crippen molar-refractivity contribution >= 4 is 5.91 Å². The number of nitrogens with two attached hydrogens (primary N) is 1. The second kappa shape index (κ2) is 5.67. The van der Waals surface area contributed by atoms with Gasteiger partial charge in [0.2, 0.25) is 0 Å². The summed E-state index contributed by atoms with van der Waals surface area (Å²) >= 11 is 0. The predicted molar refractivity (Wildman–Crippen MR) is 72.5 cm³/mol. The average Bonchev–Trinajstić information content (AvgIpc) is 2.37. The summed E-state index contributed by atoms with van der Waals surface area (Å²) < 4.78 is 13.9. The van der Waals surface area contributed by atoms with E-state index in [1.54, 1.807) is 24.0 Å². The van der Waals surface area contributed by atoms with Crippen molar-refractivity contribution in [2.75, 3.05) is 33.2 Å². The standard InChI is InChI=1S/C14H20FN3O/c1-10-3-4-12(13(15)7-10)14(19)18-6-5-17(2)9-11(18)8-16/h3-4,7,11H,5-6,8-9,16H2,1-2H3. The molecule has 1 unspecified atom stereocenters. The Morgan fingerprint density at radius 2 is 2.21 bits per heavy atom. The minimum Gasteiger partial charge on any atom is -0.332 e. The van der Waals surface area contributed by atoms with E-state index >= 15 is 0 Å². The molecule has 1 aromatic rings. The minimum absolute atomic E-state index is 0.0491. The molecular formula is C14H20FN3O. The third-order valence-corrected chi connectivity index (χ3v) is 3.57. The zero-order valence-electron chi connectivity index (χ0n) is 11.4. The van der Waals surface area contributed by atoms with Crippen LogP contribution in [-0.4, -0.2) is 55.0 Å². The van der Waals surface area contributed by atoms with Crippen molar-refractivity contribution in [3.63, 3.8) is 0 Å². The summed E-state index contributed by atoms with van der Waals surface area (Å²) in [6, 6.07) is 4.65. The number of nitrogens with zero attached hydrogens (tertiary/aromatic N) is 2. The van der Waals surface area contributed by atoms with Crippen molar-refractivity contribution in [2.45, 2.75) is 13.0 Å². The quantitative estimate of drug-likeness (QED) is 0.862. The van der Waals surface area contributed by atoms with Gasteiger partial charge in [0.1, 0.15) is 5.82 Å². The van der Waals surface area contributed by atoms with Gasteiger partial charge in [0.25, 0.3) is 5.91 Å². The van der Waals surface area contributed by atoms with Crippen LogP contribution in [0.4, 0.5) is 4.39 Å². The lowest BCUT2D eigenvalue weighted by Gasteiger charge is -2.39. The van der Waals surface area contributed by atoms with Gasteiger partial charge in [0.15, 0.2) is 0 Å². The molecule has 1 aliphatic heterocycles. The molecule has 2 N–H and O–H groups in total. The van der Waals surface area contributed by atoms with Crippen molar-refractivity contribution in [1.82, 2.24) is 9.80 Å². The van der Waals surface area contributed by atoms with Crippen molar-refractivity contribution in [1.29, 1.82) is 0 Å². The number of carbonyl (C=O) groups excluding carboxylic acids is 1. The smallest absolute Gasteiger partial charge is 0.257 e. The lowest BCUT2D eigenvalue weighted by Crippen LogP contribution is -2.56. The van der Waals surface area contributed by atoms with Crippen LogP contribution >= 0.6 is 0 Å². The fourth-order valence-corrected chi connectivity index (χ4v) is 2.43. The number of likely N-dealkylation sites (N-methyl/N-ethyl adjacent to an activating group) is 1. The summed E-state index contributed by atoms with van der Waals surface area (Å²) in [5.41, 5.74) is 6.66. The highest BCUT2D eigenvalue weighted by Crippen LogP contribution is 2.16. The maximum Gasteiger partial charge on any atom is 0.257 e. The summed E-state index contributed by atoms with van der Waals surface area (Å²) in [4.78, 5) is 16.2. The van der Waals surface area contributed by atoms with Crippen LogP contribution in [0.2, 0.25) is 0 Å². The Labute approximate surface area is 113 Å². The molecule has 0 spiro atoms. The van der Waals surface area contributed by atoms with E-state index in [2.05, 4.69) is 4.90 Å². The summed E-state index contributed by atoms with van der Waals surface area (Å²) in [7, 11) is 2.00. The van der Waals surface area contributed by atoms with E-state index < -0.39 is 5.82 Å². The van der Waals surface area contributed by atoms with Gasteiger partial charge >= 0.3 is 0 Å². The lowest BCUT2D eigenvalue weighted by atomic mass is 10.1. The molecule has 0 radical (unpaired) electrons. The molecule has 1 fully saturated rings. The van der Waals surface area contributed by atoms with Crippen LogP contribution in [0.25, 0.3) is 0 Å². The van der Waals surface area contributed by atoms with Gasteiger partial charge in [0, 0.05) is 26.2 Å².